The van der Waals surface area contributed by atoms with Crippen LogP contribution in [0, 0.1) is 11.3 Å². The number of aryl methyl sites for hydroxylation is 1. The van der Waals surface area contributed by atoms with Crippen molar-refractivity contribution < 1.29 is 4.79 Å². The number of benzene rings is 2. The quantitative estimate of drug-likeness (QED) is 0.329. The first-order chi connectivity index (χ1) is 19.5. The number of carbonyl (C=O) groups excluding carboxylic acids is 1. The van der Waals surface area contributed by atoms with Crippen LogP contribution in [0.3, 0.4) is 0 Å². The van der Waals surface area contributed by atoms with Crippen LogP contribution in [0.15, 0.2) is 96.1 Å². The van der Waals surface area contributed by atoms with Crippen LogP contribution < -0.4 is 21.1 Å². The van der Waals surface area contributed by atoms with Gasteiger partial charge in [0.05, 0.1) is 5.56 Å². The lowest BCUT2D eigenvalue weighted by molar-refractivity contribution is 0.240. The summed E-state index contributed by atoms with van der Waals surface area (Å²) in [5.74, 6) is 0.752. The number of amides is 2. The topological polar surface area (TPSA) is 103 Å². The first-order valence-electron chi connectivity index (χ1n) is 13.5. The van der Waals surface area contributed by atoms with E-state index in [2.05, 4.69) is 21.7 Å². The van der Waals surface area contributed by atoms with Gasteiger partial charge in [-0.05, 0) is 73.2 Å². The second-order valence-corrected chi connectivity index (χ2v) is 10.1. The van der Waals surface area contributed by atoms with Gasteiger partial charge in [0.15, 0.2) is 0 Å². The number of pyridine rings is 2. The van der Waals surface area contributed by atoms with Gasteiger partial charge in [-0.2, -0.15) is 5.26 Å². The predicted molar refractivity (Wildman–Crippen MR) is 157 cm³/mol. The molecule has 202 valence electrons. The van der Waals surface area contributed by atoms with Gasteiger partial charge in [-0.25, -0.2) is 9.78 Å². The van der Waals surface area contributed by atoms with Gasteiger partial charge in [0, 0.05) is 49.3 Å². The molecule has 8 nitrogen and oxygen atoms in total. The van der Waals surface area contributed by atoms with E-state index in [0.29, 0.717) is 17.7 Å². The van der Waals surface area contributed by atoms with Crippen LogP contribution >= 0.6 is 0 Å². The number of urea groups is 1. The van der Waals surface area contributed by atoms with Gasteiger partial charge in [0.25, 0.3) is 5.56 Å². The molecule has 1 aliphatic rings. The summed E-state index contributed by atoms with van der Waals surface area (Å²) in [5, 5.41) is 15.6. The third-order valence-corrected chi connectivity index (χ3v) is 7.39. The molecule has 1 fully saturated rings. The van der Waals surface area contributed by atoms with Crippen LogP contribution in [-0.2, 0) is 13.6 Å². The number of carbonyl (C=O) groups is 1. The van der Waals surface area contributed by atoms with E-state index in [0.717, 1.165) is 48.3 Å². The highest BCUT2D eigenvalue weighted by Crippen LogP contribution is 2.30. The molecule has 8 heteroatoms. The van der Waals surface area contributed by atoms with Crippen molar-refractivity contribution in [3.05, 3.63) is 113 Å². The van der Waals surface area contributed by atoms with Crippen LogP contribution in [0.1, 0.15) is 36.8 Å². The highest BCUT2D eigenvalue weighted by atomic mass is 16.2. The summed E-state index contributed by atoms with van der Waals surface area (Å²) in [6.45, 7) is 0.440. The van der Waals surface area contributed by atoms with Crippen LogP contribution in [-0.4, -0.2) is 27.7 Å². The summed E-state index contributed by atoms with van der Waals surface area (Å²) >= 11 is 0. The summed E-state index contributed by atoms with van der Waals surface area (Å²) in [6.07, 6.45) is 6.73. The third-order valence-electron chi connectivity index (χ3n) is 7.39. The lowest BCUT2D eigenvalue weighted by Crippen LogP contribution is -2.48. The van der Waals surface area contributed by atoms with E-state index in [-0.39, 0.29) is 23.7 Å². The maximum absolute atomic E-state index is 13.6. The molecule has 0 spiro atoms. The Morgan fingerprint density at radius 2 is 1.75 bits per heavy atom. The number of hydrogen-bond acceptors (Lipinski definition) is 5. The van der Waals surface area contributed by atoms with E-state index < -0.39 is 0 Å². The van der Waals surface area contributed by atoms with E-state index in [1.54, 1.807) is 30.1 Å². The minimum atomic E-state index is -0.141. The number of rotatable bonds is 7. The van der Waals surface area contributed by atoms with Crippen LogP contribution in [0.5, 0.6) is 0 Å². The van der Waals surface area contributed by atoms with Crippen molar-refractivity contribution in [3.63, 3.8) is 0 Å². The van der Waals surface area contributed by atoms with Crippen molar-refractivity contribution in [1.29, 1.82) is 5.26 Å². The highest BCUT2D eigenvalue weighted by Gasteiger charge is 2.30. The normalized spacial score (nSPS) is 16.5. The zero-order valence-electron chi connectivity index (χ0n) is 22.5. The predicted octanol–water partition coefficient (Wildman–Crippen LogP) is 5.46. The molecule has 0 atom stereocenters. The fourth-order valence-electron chi connectivity index (χ4n) is 5.20. The molecule has 40 heavy (non-hydrogen) atoms. The average Bonchev–Trinajstić information content (AvgIpc) is 3.00. The molecule has 1 saturated carbocycles. The molecule has 0 bridgehead atoms. The van der Waals surface area contributed by atoms with Gasteiger partial charge in [-0.15, -0.1) is 0 Å². The summed E-state index contributed by atoms with van der Waals surface area (Å²) in [7, 11) is 1.74. The van der Waals surface area contributed by atoms with E-state index >= 15 is 0 Å². The second kappa shape index (κ2) is 12.3. The first kappa shape index (κ1) is 26.7. The minimum absolute atomic E-state index is 0.0261. The van der Waals surface area contributed by atoms with E-state index in [9.17, 15) is 9.59 Å². The molecule has 2 heterocycles. The second-order valence-electron chi connectivity index (χ2n) is 10.1. The van der Waals surface area contributed by atoms with Crippen molar-refractivity contribution >= 4 is 17.5 Å². The van der Waals surface area contributed by atoms with Crippen LogP contribution in [0.25, 0.3) is 11.1 Å². The SMILES string of the molecule is Cn1cccc(-c2ccc(N(C(=O)NCc3ccccc3)[C@H]3CC[C@H](Nc4ccc(C#N)cn4)CC3)cc2)c1=O. The molecule has 1 aliphatic carbocycles. The van der Waals surface area contributed by atoms with E-state index in [4.69, 9.17) is 5.26 Å². The van der Waals surface area contributed by atoms with E-state index in [1.807, 2.05) is 77.7 Å². The molecule has 2 aromatic carbocycles. The Morgan fingerprint density at radius 3 is 2.42 bits per heavy atom. The van der Waals surface area contributed by atoms with Gasteiger partial charge in [-0.3, -0.25) is 9.69 Å². The zero-order valence-corrected chi connectivity index (χ0v) is 22.5. The molecule has 0 radical (unpaired) electrons. The van der Waals surface area contributed by atoms with E-state index in [1.165, 1.54) is 0 Å². The summed E-state index contributed by atoms with van der Waals surface area (Å²) in [4.78, 5) is 32.4. The molecule has 4 aromatic rings. The Bertz CT molecular complexity index is 1530. The van der Waals surface area contributed by atoms with Crippen molar-refractivity contribution in [1.82, 2.24) is 14.9 Å². The Morgan fingerprint density at radius 1 is 1.00 bits per heavy atom. The van der Waals surface area contributed by atoms with Crippen molar-refractivity contribution in [2.75, 3.05) is 10.2 Å². The molecule has 2 aromatic heterocycles. The van der Waals surface area contributed by atoms with Gasteiger partial charge >= 0.3 is 6.03 Å². The average molecular weight is 533 g/mol. The fourth-order valence-corrected chi connectivity index (χ4v) is 5.20. The Labute approximate surface area is 233 Å². The molecular formula is C32H32N6O2. The summed E-state index contributed by atoms with van der Waals surface area (Å²) in [6, 6.07) is 27.0. The number of nitrogens with one attached hydrogen (secondary N) is 2. The van der Waals surface area contributed by atoms with Gasteiger partial charge < -0.3 is 15.2 Å². The van der Waals surface area contributed by atoms with Crippen molar-refractivity contribution in [2.45, 2.75) is 44.3 Å². The van der Waals surface area contributed by atoms with Gasteiger partial charge in [0.2, 0.25) is 0 Å². The molecule has 5 rings (SSSR count). The monoisotopic (exact) mass is 532 g/mol. The lowest BCUT2D eigenvalue weighted by atomic mass is 9.89. The Kier molecular flexibility index (Phi) is 8.21. The molecule has 0 aliphatic heterocycles. The third kappa shape index (κ3) is 6.21. The number of anilines is 2. The molecule has 0 saturated heterocycles. The van der Waals surface area contributed by atoms with Gasteiger partial charge in [-0.1, -0.05) is 42.5 Å². The van der Waals surface area contributed by atoms with Gasteiger partial charge in [0.1, 0.15) is 11.9 Å². The highest BCUT2D eigenvalue weighted by molar-refractivity contribution is 5.93. The smallest absolute Gasteiger partial charge is 0.322 e. The number of nitrogens with zero attached hydrogens (tertiary/aromatic N) is 4. The lowest BCUT2D eigenvalue weighted by Gasteiger charge is -2.37. The number of aromatic nitrogens is 2. The standard InChI is InChI=1S/C32H32N6O2/c1-37-19-5-8-29(31(37)39)25-10-14-27(15-11-25)38(32(40)35-21-23-6-3-2-4-7-23)28-16-12-26(13-17-28)36-30-18-9-24(20-33)22-34-30/h2-11,14-15,18-19,22,26,28H,12-13,16-17,21H2,1H3,(H,34,36)(H,35,40)/t26-,28-. The fraction of sp³-hybridized carbons (Fsp3) is 0.250. The molecular weight excluding hydrogens is 500 g/mol. The largest absolute Gasteiger partial charge is 0.367 e. The van der Waals surface area contributed by atoms with Crippen molar-refractivity contribution in [3.8, 4) is 17.2 Å². The van der Waals surface area contributed by atoms with Crippen LogP contribution in [0.4, 0.5) is 16.3 Å². The summed E-state index contributed by atoms with van der Waals surface area (Å²) in [5.41, 5.74) is 3.75. The number of hydrogen-bond donors (Lipinski definition) is 2. The Hall–Kier alpha value is -4.90. The first-order valence-corrected chi connectivity index (χ1v) is 13.5. The van der Waals surface area contributed by atoms with Crippen molar-refractivity contribution in [2.24, 2.45) is 7.05 Å². The molecule has 2 N–H and O–H groups in total. The minimum Gasteiger partial charge on any atom is -0.367 e. The molecule has 2 amide bonds. The Balaban J connectivity index is 1.32. The zero-order chi connectivity index (χ0) is 27.9. The number of nitriles is 1. The maximum Gasteiger partial charge on any atom is 0.322 e. The maximum atomic E-state index is 13.6. The van der Waals surface area contributed by atoms with Crippen LogP contribution in [0.2, 0.25) is 0 Å². The molecule has 0 unspecified atom stereocenters. The summed E-state index contributed by atoms with van der Waals surface area (Å²) < 4.78 is 1.56.